The molecule has 1 rings (SSSR count). The van der Waals surface area contributed by atoms with Crippen LogP contribution in [-0.4, -0.2) is 17.6 Å². The third-order valence-electron chi connectivity index (χ3n) is 2.87. The topological polar surface area (TPSA) is 63.3 Å². The summed E-state index contributed by atoms with van der Waals surface area (Å²) in [6.07, 6.45) is 2.59. The second-order valence-electron chi connectivity index (χ2n) is 4.22. The average Bonchev–Trinajstić information content (AvgIpc) is 2.31. The molecule has 3 nitrogen and oxygen atoms in total. The Kier molecular flexibility index (Phi) is 6.47. The molecule has 0 aliphatic rings. The lowest BCUT2D eigenvalue weighted by Crippen LogP contribution is -2.17. The summed E-state index contributed by atoms with van der Waals surface area (Å²) in [4.78, 5) is 11.2. The van der Waals surface area contributed by atoms with Crippen molar-refractivity contribution < 1.29 is 9.90 Å². The molecule has 0 spiro atoms. The van der Waals surface area contributed by atoms with Crippen molar-refractivity contribution in [3.63, 3.8) is 0 Å². The summed E-state index contributed by atoms with van der Waals surface area (Å²) in [6.45, 7) is 0.583. The van der Waals surface area contributed by atoms with E-state index in [1.807, 2.05) is 0 Å². The van der Waals surface area contributed by atoms with Crippen LogP contribution in [0.3, 0.4) is 0 Å². The fraction of sp³-hybridized carbons (Fsp3) is 0.462. The highest BCUT2D eigenvalue weighted by atomic mass is 35.5. The fourth-order valence-electron chi connectivity index (χ4n) is 1.82. The van der Waals surface area contributed by atoms with Crippen LogP contribution < -0.4 is 5.73 Å². The summed E-state index contributed by atoms with van der Waals surface area (Å²) in [7, 11) is 0. The van der Waals surface area contributed by atoms with E-state index in [9.17, 15) is 9.90 Å². The minimum Gasteiger partial charge on any atom is -0.481 e. The Bertz CT molecular complexity index is 390. The Morgan fingerprint density at radius 2 is 1.89 bits per heavy atom. The van der Waals surface area contributed by atoms with Crippen molar-refractivity contribution in [1.29, 1.82) is 0 Å². The molecule has 100 valence electrons. The normalized spacial score (nSPS) is 12.4. The average molecular weight is 290 g/mol. The number of halogens is 2. The third kappa shape index (κ3) is 4.48. The molecule has 0 bridgehead atoms. The van der Waals surface area contributed by atoms with Gasteiger partial charge in [-0.05, 0) is 43.5 Å². The quantitative estimate of drug-likeness (QED) is 0.757. The van der Waals surface area contributed by atoms with Crippen LogP contribution in [0, 0.1) is 5.92 Å². The number of carbonyl (C=O) groups is 1. The van der Waals surface area contributed by atoms with Gasteiger partial charge in [-0.15, -0.1) is 0 Å². The zero-order chi connectivity index (χ0) is 13.5. The lowest BCUT2D eigenvalue weighted by molar-refractivity contribution is -0.142. The summed E-state index contributed by atoms with van der Waals surface area (Å²) < 4.78 is 0. The summed E-state index contributed by atoms with van der Waals surface area (Å²) in [5.74, 6) is -1.28. The van der Waals surface area contributed by atoms with Crippen molar-refractivity contribution in [3.8, 4) is 0 Å². The van der Waals surface area contributed by atoms with Gasteiger partial charge in [-0.3, -0.25) is 4.79 Å². The number of carboxylic acid groups (broad SMARTS) is 1. The maximum Gasteiger partial charge on any atom is 0.306 e. The van der Waals surface area contributed by atoms with Crippen molar-refractivity contribution in [1.82, 2.24) is 0 Å². The van der Waals surface area contributed by atoms with Crippen LogP contribution in [0.4, 0.5) is 0 Å². The maximum atomic E-state index is 11.2. The van der Waals surface area contributed by atoms with Crippen molar-refractivity contribution in [2.75, 3.05) is 6.54 Å². The number of hydrogen-bond acceptors (Lipinski definition) is 2. The number of unbranched alkanes of at least 4 members (excludes halogenated alkanes) is 1. The first-order valence-corrected chi connectivity index (χ1v) is 6.67. The van der Waals surface area contributed by atoms with Gasteiger partial charge in [0.1, 0.15) is 0 Å². The summed E-state index contributed by atoms with van der Waals surface area (Å²) in [5.41, 5.74) is 6.11. The van der Waals surface area contributed by atoms with Crippen LogP contribution in [0.1, 0.15) is 24.8 Å². The number of rotatable bonds is 7. The predicted molar refractivity (Wildman–Crippen MR) is 74.2 cm³/mol. The molecule has 0 saturated carbocycles. The highest BCUT2D eigenvalue weighted by Crippen LogP contribution is 2.28. The number of hydrogen-bond donors (Lipinski definition) is 2. The number of nitrogens with two attached hydrogens (primary N) is 1. The van der Waals surface area contributed by atoms with Crippen molar-refractivity contribution >= 4 is 29.2 Å². The molecule has 1 aromatic carbocycles. The molecule has 3 N–H and O–H groups in total. The smallest absolute Gasteiger partial charge is 0.306 e. The van der Waals surface area contributed by atoms with Crippen molar-refractivity contribution in [3.05, 3.63) is 33.8 Å². The summed E-state index contributed by atoms with van der Waals surface area (Å²) in [6, 6.07) is 5.20. The van der Waals surface area contributed by atoms with Gasteiger partial charge >= 0.3 is 5.97 Å². The maximum absolute atomic E-state index is 11.2. The monoisotopic (exact) mass is 289 g/mol. The van der Waals surface area contributed by atoms with E-state index in [1.165, 1.54) is 0 Å². The number of benzene rings is 1. The Balaban J connectivity index is 2.74. The van der Waals surface area contributed by atoms with E-state index in [0.29, 0.717) is 35.0 Å². The van der Waals surface area contributed by atoms with Gasteiger partial charge in [0, 0.05) is 10.0 Å². The Labute approximate surface area is 117 Å². The molecule has 0 radical (unpaired) electrons. The standard InChI is InChI=1S/C13H17Cl2NO2/c14-11-5-3-6-12(15)10(11)8-9(13(17)18)4-1-2-7-16/h3,5-6,9H,1-2,4,7-8,16H2,(H,17,18). The number of carboxylic acids is 1. The van der Waals surface area contributed by atoms with Gasteiger partial charge in [-0.1, -0.05) is 35.7 Å². The predicted octanol–water partition coefficient (Wildman–Crippen LogP) is 3.37. The molecule has 0 amide bonds. The molecule has 0 saturated heterocycles. The van der Waals surface area contributed by atoms with Crippen LogP contribution in [0.5, 0.6) is 0 Å². The van der Waals surface area contributed by atoms with Crippen molar-refractivity contribution in [2.45, 2.75) is 25.7 Å². The molecule has 0 fully saturated rings. The van der Waals surface area contributed by atoms with Gasteiger partial charge in [0.15, 0.2) is 0 Å². The lowest BCUT2D eigenvalue weighted by atomic mass is 9.94. The van der Waals surface area contributed by atoms with Crippen LogP contribution in [-0.2, 0) is 11.2 Å². The highest BCUT2D eigenvalue weighted by Gasteiger charge is 2.20. The van der Waals surface area contributed by atoms with E-state index in [1.54, 1.807) is 18.2 Å². The molecule has 0 aliphatic carbocycles. The van der Waals surface area contributed by atoms with E-state index in [4.69, 9.17) is 28.9 Å². The van der Waals surface area contributed by atoms with Gasteiger partial charge in [-0.2, -0.15) is 0 Å². The van der Waals surface area contributed by atoms with Gasteiger partial charge in [0.2, 0.25) is 0 Å². The molecule has 0 heterocycles. The SMILES string of the molecule is NCCCCC(Cc1c(Cl)cccc1Cl)C(=O)O. The number of aliphatic carboxylic acids is 1. The van der Waals surface area contributed by atoms with Gasteiger partial charge in [0.25, 0.3) is 0 Å². The summed E-state index contributed by atoms with van der Waals surface area (Å²) in [5, 5.41) is 10.2. The molecule has 5 heteroatoms. The van der Waals surface area contributed by atoms with E-state index >= 15 is 0 Å². The molecule has 1 aromatic rings. The first-order chi connectivity index (χ1) is 8.56. The minimum atomic E-state index is -0.817. The second kappa shape index (κ2) is 7.62. The van der Waals surface area contributed by atoms with Crippen molar-refractivity contribution in [2.24, 2.45) is 11.7 Å². The van der Waals surface area contributed by atoms with E-state index < -0.39 is 11.9 Å². The summed E-state index contributed by atoms with van der Waals surface area (Å²) >= 11 is 12.1. The molecule has 1 atom stereocenters. The first kappa shape index (κ1) is 15.3. The Hall–Kier alpha value is -0.770. The van der Waals surface area contributed by atoms with Gasteiger partial charge < -0.3 is 10.8 Å². The van der Waals surface area contributed by atoms with Crippen LogP contribution >= 0.6 is 23.2 Å². The Morgan fingerprint density at radius 1 is 1.28 bits per heavy atom. The zero-order valence-electron chi connectivity index (χ0n) is 10.0. The second-order valence-corrected chi connectivity index (χ2v) is 5.04. The van der Waals surface area contributed by atoms with E-state index in [0.717, 1.165) is 12.8 Å². The first-order valence-electron chi connectivity index (χ1n) is 5.92. The largest absolute Gasteiger partial charge is 0.481 e. The zero-order valence-corrected chi connectivity index (χ0v) is 11.5. The molecule has 0 aromatic heterocycles. The Morgan fingerprint density at radius 3 is 2.39 bits per heavy atom. The molecule has 1 unspecified atom stereocenters. The highest BCUT2D eigenvalue weighted by molar-refractivity contribution is 6.36. The molecular formula is C13H17Cl2NO2. The van der Waals surface area contributed by atoms with E-state index in [2.05, 4.69) is 0 Å². The van der Waals surface area contributed by atoms with E-state index in [-0.39, 0.29) is 0 Å². The van der Waals surface area contributed by atoms with Crippen LogP contribution in [0.25, 0.3) is 0 Å². The lowest BCUT2D eigenvalue weighted by Gasteiger charge is -2.14. The molecular weight excluding hydrogens is 273 g/mol. The molecule has 18 heavy (non-hydrogen) atoms. The van der Waals surface area contributed by atoms with Crippen LogP contribution in [0.2, 0.25) is 10.0 Å². The van der Waals surface area contributed by atoms with Crippen LogP contribution in [0.15, 0.2) is 18.2 Å². The molecule has 0 aliphatic heterocycles. The third-order valence-corrected chi connectivity index (χ3v) is 3.58. The van der Waals surface area contributed by atoms with Gasteiger partial charge in [0.05, 0.1) is 5.92 Å². The van der Waals surface area contributed by atoms with Gasteiger partial charge in [-0.25, -0.2) is 0 Å². The fourth-order valence-corrected chi connectivity index (χ4v) is 2.37. The minimum absolute atomic E-state index is 0.360.